The number of hydrogen-bond donors (Lipinski definition) is 1. The van der Waals surface area contributed by atoms with E-state index >= 15 is 0 Å². The van der Waals surface area contributed by atoms with E-state index in [1.54, 1.807) is 42.1 Å². The predicted octanol–water partition coefficient (Wildman–Crippen LogP) is 5.44. The number of hydrogen-bond acceptors (Lipinski definition) is 6. The molecule has 0 unspecified atom stereocenters. The minimum Gasteiger partial charge on any atom is -0.355 e. The topological polar surface area (TPSA) is 71.3 Å². The molecule has 0 aliphatic carbocycles. The first-order valence-corrected chi connectivity index (χ1v) is 13.0. The molecule has 0 saturated carbocycles. The van der Waals surface area contributed by atoms with Gasteiger partial charge in [-0.2, -0.15) is 16.7 Å². The van der Waals surface area contributed by atoms with Gasteiger partial charge in [0.05, 0.1) is 11.6 Å². The third-order valence-electron chi connectivity index (χ3n) is 5.72. The van der Waals surface area contributed by atoms with Gasteiger partial charge in [-0.3, -0.25) is 9.69 Å². The highest BCUT2D eigenvalue weighted by atomic mass is 35.5. The number of benzene rings is 2. The molecule has 1 N–H and O–H groups in total. The summed E-state index contributed by atoms with van der Waals surface area (Å²) < 4.78 is 19.0. The lowest BCUT2D eigenvalue weighted by molar-refractivity contribution is -0.126. The van der Waals surface area contributed by atoms with Gasteiger partial charge in [0.25, 0.3) is 0 Å². The summed E-state index contributed by atoms with van der Waals surface area (Å²) in [6, 6.07) is 11.9. The number of nitrogens with one attached hydrogen (secondary N) is 1. The number of rotatable bonds is 9. The maximum atomic E-state index is 13.6. The van der Waals surface area contributed by atoms with Gasteiger partial charge >= 0.3 is 0 Å². The zero-order chi connectivity index (χ0) is 23.9. The molecule has 1 fully saturated rings. The van der Waals surface area contributed by atoms with Crippen LogP contribution in [0.25, 0.3) is 11.4 Å². The van der Waals surface area contributed by atoms with Gasteiger partial charge in [-0.05, 0) is 55.8 Å². The van der Waals surface area contributed by atoms with Crippen LogP contribution in [0.1, 0.15) is 24.3 Å². The SMILES string of the molecule is O=C(NCCSCc1ccccc1F)C1CCN(Cc2nc(-c3ccc(Cl)cc3Cl)no2)CC1. The Hall–Kier alpha value is -2.13. The van der Waals surface area contributed by atoms with Crippen molar-refractivity contribution in [1.29, 1.82) is 0 Å². The van der Waals surface area contributed by atoms with Crippen molar-refractivity contribution in [3.63, 3.8) is 0 Å². The Morgan fingerprint density at radius 1 is 1.21 bits per heavy atom. The molecule has 2 heterocycles. The second-order valence-electron chi connectivity index (χ2n) is 8.12. The van der Waals surface area contributed by atoms with Gasteiger partial charge in [0, 0.05) is 34.6 Å². The average Bonchev–Trinajstić information content (AvgIpc) is 3.28. The van der Waals surface area contributed by atoms with Crippen LogP contribution < -0.4 is 5.32 Å². The first kappa shape index (κ1) is 25.0. The van der Waals surface area contributed by atoms with Crippen molar-refractivity contribution in [2.75, 3.05) is 25.4 Å². The smallest absolute Gasteiger partial charge is 0.241 e. The fourth-order valence-electron chi connectivity index (χ4n) is 3.83. The van der Waals surface area contributed by atoms with Crippen LogP contribution in [0.2, 0.25) is 10.0 Å². The predicted molar refractivity (Wildman–Crippen MR) is 133 cm³/mol. The molecular formula is C24H25Cl2FN4O2S. The fourth-order valence-corrected chi connectivity index (χ4v) is 5.17. The second kappa shape index (κ2) is 12.0. The van der Waals surface area contributed by atoms with Gasteiger partial charge in [0.15, 0.2) is 0 Å². The van der Waals surface area contributed by atoms with Gasteiger partial charge in [-0.1, -0.05) is 46.6 Å². The molecule has 3 aromatic rings. The molecule has 1 aliphatic rings. The summed E-state index contributed by atoms with van der Waals surface area (Å²) >= 11 is 13.8. The van der Waals surface area contributed by atoms with E-state index < -0.39 is 0 Å². The number of thioether (sulfide) groups is 1. The van der Waals surface area contributed by atoms with Crippen LogP contribution in [-0.2, 0) is 17.1 Å². The Balaban J connectivity index is 1.16. The summed E-state index contributed by atoms with van der Waals surface area (Å²) in [7, 11) is 0. The van der Waals surface area contributed by atoms with Crippen molar-refractivity contribution in [1.82, 2.24) is 20.4 Å². The standard InChI is InChI=1S/C24H25Cl2FN4O2S/c25-18-5-6-19(20(26)13-18)23-29-22(33-30-23)14-31-10-7-16(8-11-31)24(32)28-9-12-34-15-17-3-1-2-4-21(17)27/h1-6,13,16H,7-12,14-15H2,(H,28,32). The lowest BCUT2D eigenvalue weighted by atomic mass is 9.96. The van der Waals surface area contributed by atoms with Gasteiger partial charge in [0.1, 0.15) is 5.82 Å². The molecule has 1 aliphatic heterocycles. The molecule has 6 nitrogen and oxygen atoms in total. The summed E-state index contributed by atoms with van der Waals surface area (Å²) in [6.07, 6.45) is 1.55. The van der Waals surface area contributed by atoms with Crippen LogP contribution >= 0.6 is 35.0 Å². The quantitative estimate of drug-likeness (QED) is 0.377. The molecule has 0 radical (unpaired) electrons. The number of halogens is 3. The van der Waals surface area contributed by atoms with Crippen LogP contribution in [0.5, 0.6) is 0 Å². The Morgan fingerprint density at radius 2 is 2.00 bits per heavy atom. The zero-order valence-electron chi connectivity index (χ0n) is 18.5. The molecule has 180 valence electrons. The zero-order valence-corrected chi connectivity index (χ0v) is 20.8. The largest absolute Gasteiger partial charge is 0.355 e. The first-order chi connectivity index (χ1) is 16.5. The number of nitrogens with zero attached hydrogens (tertiary/aromatic N) is 3. The average molecular weight is 523 g/mol. The number of aromatic nitrogens is 2. The molecule has 34 heavy (non-hydrogen) atoms. The highest BCUT2D eigenvalue weighted by Crippen LogP contribution is 2.28. The normalized spacial score (nSPS) is 14.9. The van der Waals surface area contributed by atoms with E-state index in [4.69, 9.17) is 27.7 Å². The number of likely N-dealkylation sites (tertiary alicyclic amines) is 1. The van der Waals surface area contributed by atoms with Crippen molar-refractivity contribution in [3.05, 3.63) is 69.8 Å². The molecule has 4 rings (SSSR count). The first-order valence-electron chi connectivity index (χ1n) is 11.1. The van der Waals surface area contributed by atoms with Crippen LogP contribution in [0, 0.1) is 11.7 Å². The third kappa shape index (κ3) is 6.72. The molecule has 10 heteroatoms. The monoisotopic (exact) mass is 522 g/mol. The number of amides is 1. The van der Waals surface area contributed by atoms with Gasteiger partial charge < -0.3 is 9.84 Å². The van der Waals surface area contributed by atoms with E-state index in [0.29, 0.717) is 51.7 Å². The van der Waals surface area contributed by atoms with Crippen molar-refractivity contribution >= 4 is 40.9 Å². The van der Waals surface area contributed by atoms with E-state index in [1.165, 1.54) is 6.07 Å². The minimum atomic E-state index is -0.184. The van der Waals surface area contributed by atoms with E-state index in [2.05, 4.69) is 20.4 Å². The molecule has 1 saturated heterocycles. The van der Waals surface area contributed by atoms with Gasteiger partial charge in [-0.25, -0.2) is 4.39 Å². The van der Waals surface area contributed by atoms with Crippen LogP contribution in [0.3, 0.4) is 0 Å². The number of carbonyl (C=O) groups is 1. The molecule has 0 spiro atoms. The summed E-state index contributed by atoms with van der Waals surface area (Å²) in [5.41, 5.74) is 1.36. The van der Waals surface area contributed by atoms with E-state index in [1.807, 2.05) is 6.07 Å². The summed E-state index contributed by atoms with van der Waals surface area (Å²) in [4.78, 5) is 19.2. The maximum Gasteiger partial charge on any atom is 0.241 e. The third-order valence-corrected chi connectivity index (χ3v) is 7.27. The Bertz CT molecular complexity index is 1120. The summed E-state index contributed by atoms with van der Waals surface area (Å²) in [5, 5.41) is 8.06. The highest BCUT2D eigenvalue weighted by Gasteiger charge is 2.26. The number of piperidine rings is 1. The minimum absolute atomic E-state index is 0.000983. The van der Waals surface area contributed by atoms with Crippen molar-refractivity contribution in [2.24, 2.45) is 5.92 Å². The summed E-state index contributed by atoms with van der Waals surface area (Å²) in [5.74, 6) is 2.19. The number of carbonyl (C=O) groups excluding carboxylic acids is 1. The van der Waals surface area contributed by atoms with Crippen molar-refractivity contribution in [2.45, 2.75) is 25.1 Å². The lowest BCUT2D eigenvalue weighted by Gasteiger charge is -2.30. The lowest BCUT2D eigenvalue weighted by Crippen LogP contribution is -2.40. The second-order valence-corrected chi connectivity index (χ2v) is 10.1. The molecule has 0 bridgehead atoms. The fraction of sp³-hybridized carbons (Fsp3) is 0.375. The van der Waals surface area contributed by atoms with Gasteiger partial charge in [0.2, 0.25) is 17.6 Å². The van der Waals surface area contributed by atoms with Crippen molar-refractivity contribution < 1.29 is 13.7 Å². The van der Waals surface area contributed by atoms with E-state index in [-0.39, 0.29) is 17.6 Å². The van der Waals surface area contributed by atoms with Crippen molar-refractivity contribution in [3.8, 4) is 11.4 Å². The van der Waals surface area contributed by atoms with E-state index in [9.17, 15) is 9.18 Å². The highest BCUT2D eigenvalue weighted by molar-refractivity contribution is 7.98. The van der Waals surface area contributed by atoms with Crippen LogP contribution in [0.15, 0.2) is 47.0 Å². The molecule has 1 aromatic heterocycles. The molecule has 1 amide bonds. The molecule has 2 aromatic carbocycles. The Morgan fingerprint density at radius 3 is 2.76 bits per heavy atom. The Labute approximate surface area is 212 Å². The van der Waals surface area contributed by atoms with E-state index in [0.717, 1.165) is 31.7 Å². The Kier molecular flexibility index (Phi) is 8.83. The van der Waals surface area contributed by atoms with Crippen LogP contribution in [-0.4, -0.2) is 46.3 Å². The van der Waals surface area contributed by atoms with Crippen LogP contribution in [0.4, 0.5) is 4.39 Å². The molecule has 0 atom stereocenters. The van der Waals surface area contributed by atoms with Gasteiger partial charge in [-0.15, -0.1) is 0 Å². The maximum absolute atomic E-state index is 13.6. The summed E-state index contributed by atoms with van der Waals surface area (Å²) in [6.45, 7) is 2.66. The molecular weight excluding hydrogens is 498 g/mol.